The van der Waals surface area contributed by atoms with Crippen LogP contribution in [0, 0.1) is 0 Å². The van der Waals surface area contributed by atoms with E-state index in [0.717, 1.165) is 111 Å². The van der Waals surface area contributed by atoms with E-state index in [0.29, 0.717) is 0 Å². The third-order valence-corrected chi connectivity index (χ3v) is 13.8. The molecule has 1 saturated heterocycles. The summed E-state index contributed by atoms with van der Waals surface area (Å²) in [7, 11) is 7.69. The highest BCUT2D eigenvalue weighted by Gasteiger charge is 2.35. The standard InChI is InChI=1S/C54H48N6O3S/c1-55-45-19-11-13-21-49(45)63-53(55)33-37-31-51(59(39-15-7-5-8-16-39)47-35-41(61-3)23-25-43(37)47)57-27-29-58(30-28-57)52-32-38(34-54-56(2)46-20-12-14-22-50(46)64-54)44-26-24-42(62-4)36-48(44)60(52)40-17-9-6-10-18-40/h5-26,31-36H,27-30H2,1-4H3/q+2. The van der Waals surface area contributed by atoms with Gasteiger partial charge >= 0.3 is 0 Å². The molecule has 0 aliphatic carbocycles. The van der Waals surface area contributed by atoms with Crippen LogP contribution in [-0.2, 0) is 0 Å². The van der Waals surface area contributed by atoms with Crippen molar-refractivity contribution in [3.63, 3.8) is 0 Å². The van der Waals surface area contributed by atoms with Crippen LogP contribution in [0.15, 0.2) is 174 Å². The number of methoxy groups -OCH3 is 2. The summed E-state index contributed by atoms with van der Waals surface area (Å²) in [5.74, 6) is 5.48. The molecular weight excluding hydrogens is 813 g/mol. The van der Waals surface area contributed by atoms with Crippen LogP contribution < -0.4 is 42.9 Å². The number of piperazine rings is 1. The molecule has 8 aromatic rings. The smallest absolute Gasteiger partial charge is 0.283 e. The van der Waals surface area contributed by atoms with Gasteiger partial charge in [-0.25, -0.2) is 0 Å². The molecule has 0 radical (unpaired) electrons. The van der Waals surface area contributed by atoms with Crippen LogP contribution in [-0.4, -0.2) is 54.5 Å². The highest BCUT2D eigenvalue weighted by Crippen LogP contribution is 2.46. The minimum absolute atomic E-state index is 0.779. The van der Waals surface area contributed by atoms with Crippen LogP contribution in [0.5, 0.6) is 17.2 Å². The molecule has 3 aliphatic heterocycles. The highest BCUT2D eigenvalue weighted by atomic mass is 32.2. The molecule has 5 heterocycles. The van der Waals surface area contributed by atoms with Gasteiger partial charge in [0.05, 0.1) is 30.6 Å². The van der Waals surface area contributed by atoms with Gasteiger partial charge in [0, 0.05) is 60.1 Å². The van der Waals surface area contributed by atoms with Gasteiger partial charge < -0.3 is 24.0 Å². The number of thioether (sulfide) groups is 1. The molecule has 316 valence electrons. The predicted octanol–water partition coefficient (Wildman–Crippen LogP) is 10.3. The number of hydrogen-bond acceptors (Lipinski definition) is 8. The number of pyridine rings is 2. The Hall–Kier alpha value is -7.43. The third-order valence-electron chi connectivity index (χ3n) is 12.6. The van der Waals surface area contributed by atoms with E-state index in [9.17, 15) is 0 Å². The summed E-state index contributed by atoms with van der Waals surface area (Å²) >= 11 is 1.82. The average molecular weight is 861 g/mol. The summed E-state index contributed by atoms with van der Waals surface area (Å²) in [5, 5.41) is 3.44. The molecule has 2 aromatic heterocycles. The first-order valence-electron chi connectivity index (χ1n) is 21.6. The SMILES string of the molecule is COc1ccc2c(/C=C3/Oc4ccccc4N3C)cc(N3CCN(c4cc(/C=C5/Sc6ccccc6N5C)c5ccc(OC)cc5[n+]4-c4ccccc4)CC3)[n+](-c3ccccc3)c2c1. The van der Waals surface area contributed by atoms with Crippen molar-refractivity contribution in [1.29, 1.82) is 0 Å². The summed E-state index contributed by atoms with van der Waals surface area (Å²) in [6, 6.07) is 55.7. The number of anilines is 4. The molecule has 1 fully saturated rings. The van der Waals surface area contributed by atoms with Crippen molar-refractivity contribution < 1.29 is 23.3 Å². The monoisotopic (exact) mass is 860 g/mol. The molecular formula is C54H48N6O3S+2. The maximum atomic E-state index is 6.46. The minimum atomic E-state index is 0.779. The van der Waals surface area contributed by atoms with Crippen molar-refractivity contribution in [3.05, 3.63) is 180 Å². The average Bonchev–Trinajstić information content (AvgIpc) is 3.84. The van der Waals surface area contributed by atoms with Crippen LogP contribution in [0.25, 0.3) is 45.3 Å². The lowest BCUT2D eigenvalue weighted by molar-refractivity contribution is -0.555. The highest BCUT2D eigenvalue weighted by molar-refractivity contribution is 8.03. The van der Waals surface area contributed by atoms with Gasteiger partial charge in [-0.2, -0.15) is 9.13 Å². The molecule has 6 aromatic carbocycles. The molecule has 10 heteroatoms. The van der Waals surface area contributed by atoms with E-state index in [1.807, 2.05) is 36.0 Å². The first-order valence-corrected chi connectivity index (χ1v) is 22.5. The number of aromatic nitrogens is 2. The second-order valence-corrected chi connectivity index (χ2v) is 17.3. The number of nitrogens with zero attached hydrogens (tertiary/aromatic N) is 6. The van der Waals surface area contributed by atoms with Crippen LogP contribution in [0.2, 0.25) is 0 Å². The van der Waals surface area contributed by atoms with Gasteiger partial charge in [0.1, 0.15) is 60.1 Å². The Morgan fingerprint density at radius 1 is 0.531 bits per heavy atom. The van der Waals surface area contributed by atoms with Crippen molar-refractivity contribution in [2.75, 3.05) is 74.1 Å². The Morgan fingerprint density at radius 3 is 1.56 bits per heavy atom. The normalized spacial score (nSPS) is 15.9. The molecule has 11 rings (SSSR count). The fraction of sp³-hybridized carbons (Fsp3) is 0.148. The number of hydrogen-bond donors (Lipinski definition) is 0. The van der Waals surface area contributed by atoms with Gasteiger partial charge in [-0.3, -0.25) is 9.80 Å². The van der Waals surface area contributed by atoms with E-state index in [1.165, 1.54) is 15.6 Å². The maximum Gasteiger partial charge on any atom is 0.283 e. The largest absolute Gasteiger partial charge is 0.497 e. The molecule has 3 aliphatic rings. The molecule has 0 atom stereocenters. The van der Waals surface area contributed by atoms with Gasteiger partial charge in [0.25, 0.3) is 11.6 Å². The lowest BCUT2D eigenvalue weighted by Gasteiger charge is -2.30. The zero-order chi connectivity index (χ0) is 43.3. The number of fused-ring (bicyclic) bond motifs is 4. The molecule has 0 N–H and O–H groups in total. The summed E-state index contributed by atoms with van der Waals surface area (Å²) in [6.07, 6.45) is 4.52. The zero-order valence-electron chi connectivity index (χ0n) is 36.3. The van der Waals surface area contributed by atoms with Crippen molar-refractivity contribution in [2.45, 2.75) is 4.90 Å². The topological polar surface area (TPSA) is 48.4 Å². The van der Waals surface area contributed by atoms with Crippen molar-refractivity contribution in [3.8, 4) is 28.6 Å². The van der Waals surface area contributed by atoms with Crippen LogP contribution in [0.3, 0.4) is 0 Å². The Kier molecular flexibility index (Phi) is 10.1. The molecule has 0 bridgehead atoms. The second kappa shape index (κ2) is 16.4. The molecule has 0 spiro atoms. The zero-order valence-corrected chi connectivity index (χ0v) is 37.1. The minimum Gasteiger partial charge on any atom is -0.497 e. The first kappa shape index (κ1) is 39.4. The molecule has 0 saturated carbocycles. The number of para-hydroxylation sites is 5. The molecule has 9 nitrogen and oxygen atoms in total. The van der Waals surface area contributed by atoms with E-state index in [-0.39, 0.29) is 0 Å². The fourth-order valence-corrected chi connectivity index (χ4v) is 10.4. The predicted molar refractivity (Wildman–Crippen MR) is 261 cm³/mol. The first-order chi connectivity index (χ1) is 31.4. The Bertz CT molecular complexity index is 2940. The Balaban J connectivity index is 1.03. The third kappa shape index (κ3) is 6.91. The van der Waals surface area contributed by atoms with E-state index in [1.54, 1.807) is 14.2 Å². The Morgan fingerprint density at radius 2 is 1.03 bits per heavy atom. The summed E-state index contributed by atoms with van der Waals surface area (Å²) < 4.78 is 23.0. The van der Waals surface area contributed by atoms with Crippen LogP contribution >= 0.6 is 11.8 Å². The lowest BCUT2D eigenvalue weighted by Crippen LogP contribution is -2.53. The van der Waals surface area contributed by atoms with E-state index in [2.05, 4.69) is 188 Å². The number of ether oxygens (including phenoxy) is 3. The van der Waals surface area contributed by atoms with Gasteiger partial charge in [0.2, 0.25) is 5.88 Å². The van der Waals surface area contributed by atoms with E-state index in [4.69, 9.17) is 14.2 Å². The van der Waals surface area contributed by atoms with Gasteiger partial charge in [-0.15, -0.1) is 0 Å². The summed E-state index contributed by atoms with van der Waals surface area (Å²) in [5.41, 5.74) is 8.82. The molecule has 0 unspecified atom stereocenters. The Labute approximate surface area is 377 Å². The lowest BCUT2D eigenvalue weighted by atomic mass is 10.1. The van der Waals surface area contributed by atoms with Crippen LogP contribution in [0.4, 0.5) is 23.0 Å². The summed E-state index contributed by atoms with van der Waals surface area (Å²) in [4.78, 5) is 10.8. The molecule has 64 heavy (non-hydrogen) atoms. The second-order valence-electron chi connectivity index (χ2n) is 16.2. The summed E-state index contributed by atoms with van der Waals surface area (Å²) in [6.45, 7) is 3.16. The quantitative estimate of drug-likeness (QED) is 0.140. The van der Waals surface area contributed by atoms with Gasteiger partial charge in [-0.1, -0.05) is 72.4 Å². The van der Waals surface area contributed by atoms with Gasteiger partial charge in [-0.05, 0) is 90.0 Å². The van der Waals surface area contributed by atoms with Crippen molar-refractivity contribution in [1.82, 2.24) is 0 Å². The van der Waals surface area contributed by atoms with Crippen molar-refractivity contribution >= 4 is 68.7 Å². The van der Waals surface area contributed by atoms with E-state index < -0.39 is 0 Å². The van der Waals surface area contributed by atoms with Gasteiger partial charge in [0.15, 0.2) is 5.75 Å². The molecule has 0 amide bonds. The van der Waals surface area contributed by atoms with E-state index >= 15 is 0 Å². The van der Waals surface area contributed by atoms with Crippen LogP contribution in [0.1, 0.15) is 11.1 Å². The maximum absolute atomic E-state index is 6.46. The number of rotatable bonds is 8. The van der Waals surface area contributed by atoms with Crippen molar-refractivity contribution in [2.24, 2.45) is 0 Å². The fourth-order valence-electron chi connectivity index (χ4n) is 9.27. The number of benzene rings is 6.